The van der Waals surface area contributed by atoms with Gasteiger partial charge in [-0.05, 0) is 24.3 Å². The summed E-state index contributed by atoms with van der Waals surface area (Å²) in [6.45, 7) is 0.421. The van der Waals surface area contributed by atoms with Crippen molar-refractivity contribution in [1.82, 2.24) is 19.7 Å². The summed E-state index contributed by atoms with van der Waals surface area (Å²) in [5, 5.41) is 4.04. The van der Waals surface area contributed by atoms with Crippen LogP contribution in [0.15, 0.2) is 53.7 Å². The first kappa shape index (κ1) is 20.4. The molecule has 2 aromatic heterocycles. The molecule has 0 unspecified atom stereocenters. The number of methoxy groups -OCH3 is 1. The maximum absolute atomic E-state index is 12.5. The van der Waals surface area contributed by atoms with Crippen LogP contribution in [0.2, 0.25) is 0 Å². The number of benzene rings is 2. The molecule has 30 heavy (non-hydrogen) atoms. The van der Waals surface area contributed by atoms with E-state index in [0.29, 0.717) is 16.0 Å². The molecule has 4 rings (SSSR count). The minimum atomic E-state index is -3.90. The topological polar surface area (TPSA) is 115 Å². The number of anilines is 1. The van der Waals surface area contributed by atoms with E-state index in [9.17, 15) is 8.42 Å². The van der Waals surface area contributed by atoms with Crippen LogP contribution in [0.1, 0.15) is 0 Å². The smallest absolute Gasteiger partial charge is 0.276 e. The second-order valence-electron chi connectivity index (χ2n) is 6.17. The van der Waals surface area contributed by atoms with E-state index < -0.39 is 10.0 Å². The third-order valence-electron chi connectivity index (χ3n) is 4.11. The van der Waals surface area contributed by atoms with Crippen LogP contribution in [0.25, 0.3) is 21.1 Å². The van der Waals surface area contributed by atoms with Crippen LogP contribution in [0.5, 0.6) is 5.88 Å². The first-order chi connectivity index (χ1) is 14.6. The Kier molecular flexibility index (Phi) is 6.04. The summed E-state index contributed by atoms with van der Waals surface area (Å²) in [5.41, 5.74) is 1.36. The van der Waals surface area contributed by atoms with Crippen LogP contribution in [-0.4, -0.2) is 50.4 Å². The van der Waals surface area contributed by atoms with Gasteiger partial charge in [0.05, 0.1) is 27.7 Å². The molecule has 0 amide bonds. The van der Waals surface area contributed by atoms with Gasteiger partial charge < -0.3 is 14.8 Å². The summed E-state index contributed by atoms with van der Waals surface area (Å²) >= 11 is 1.50. The number of hydrogen-bond donors (Lipinski definition) is 2. The van der Waals surface area contributed by atoms with Gasteiger partial charge >= 0.3 is 0 Å². The van der Waals surface area contributed by atoms with E-state index >= 15 is 0 Å². The van der Waals surface area contributed by atoms with Crippen LogP contribution < -0.4 is 14.8 Å². The van der Waals surface area contributed by atoms with Crippen molar-refractivity contribution in [3.63, 3.8) is 0 Å². The zero-order chi connectivity index (χ0) is 21.0. The van der Waals surface area contributed by atoms with Gasteiger partial charge in [-0.2, -0.15) is 4.98 Å². The van der Waals surface area contributed by atoms with Gasteiger partial charge in [-0.3, -0.25) is 0 Å². The largest absolute Gasteiger partial charge is 0.456 e. The average molecular weight is 446 g/mol. The Hall–Kier alpha value is -2.86. The number of rotatable bonds is 9. The molecule has 0 saturated heterocycles. The van der Waals surface area contributed by atoms with E-state index in [4.69, 9.17) is 9.47 Å². The fourth-order valence-electron chi connectivity index (χ4n) is 2.71. The standard InChI is InChI=1S/C19H19N5O4S2/c1-27-11-10-21-30(25,26)19-23-14-7-3-2-6-13(14)17(24-19)28-12-20-18-22-15-8-4-5-9-16(15)29-18/h2-9,21H,10-12H2,1H3,(H,20,22). The quantitative estimate of drug-likeness (QED) is 0.229. The van der Waals surface area contributed by atoms with Crippen LogP contribution in [0.4, 0.5) is 5.13 Å². The van der Waals surface area contributed by atoms with Crippen molar-refractivity contribution >= 4 is 47.6 Å². The van der Waals surface area contributed by atoms with Gasteiger partial charge in [0.1, 0.15) is 0 Å². The van der Waals surface area contributed by atoms with E-state index in [0.717, 1.165) is 10.2 Å². The molecule has 0 atom stereocenters. The lowest BCUT2D eigenvalue weighted by atomic mass is 10.2. The molecule has 9 nitrogen and oxygen atoms in total. The lowest BCUT2D eigenvalue weighted by molar-refractivity contribution is 0.204. The molecule has 2 aromatic carbocycles. The number of hydrogen-bond acceptors (Lipinski definition) is 9. The van der Waals surface area contributed by atoms with Gasteiger partial charge in [0.15, 0.2) is 11.9 Å². The van der Waals surface area contributed by atoms with Gasteiger partial charge in [-0.25, -0.2) is 23.1 Å². The summed E-state index contributed by atoms with van der Waals surface area (Å²) < 4.78 is 39.2. The highest BCUT2D eigenvalue weighted by Gasteiger charge is 2.20. The number of thiazole rings is 1. The number of nitrogens with zero attached hydrogens (tertiary/aromatic N) is 3. The second-order valence-corrected chi connectivity index (χ2v) is 8.86. The summed E-state index contributed by atoms with van der Waals surface area (Å²) in [5.74, 6) is 0.168. The monoisotopic (exact) mass is 445 g/mol. The third kappa shape index (κ3) is 4.49. The maximum Gasteiger partial charge on any atom is 0.276 e. The van der Waals surface area contributed by atoms with Gasteiger partial charge in [0.2, 0.25) is 5.88 Å². The number of sulfonamides is 1. The first-order valence-electron chi connectivity index (χ1n) is 9.04. The highest BCUT2D eigenvalue weighted by atomic mass is 32.2. The maximum atomic E-state index is 12.5. The number of fused-ring (bicyclic) bond motifs is 2. The zero-order valence-electron chi connectivity index (χ0n) is 16.0. The molecule has 0 aliphatic heterocycles. The van der Waals surface area contributed by atoms with Gasteiger partial charge in [-0.15, -0.1) is 0 Å². The average Bonchev–Trinajstić information content (AvgIpc) is 3.16. The SMILES string of the molecule is COCCNS(=O)(=O)c1nc(OCNc2nc3ccccc3s2)c2ccccc2n1. The van der Waals surface area contributed by atoms with E-state index in [1.165, 1.54) is 18.4 Å². The number of nitrogens with one attached hydrogen (secondary N) is 2. The van der Waals surface area contributed by atoms with Crippen molar-refractivity contribution in [3.8, 4) is 5.88 Å². The Morgan fingerprint density at radius 3 is 2.57 bits per heavy atom. The van der Waals surface area contributed by atoms with Crippen molar-refractivity contribution in [3.05, 3.63) is 48.5 Å². The number of aromatic nitrogens is 3. The molecule has 0 fully saturated rings. The Morgan fingerprint density at radius 2 is 1.77 bits per heavy atom. The molecule has 0 radical (unpaired) electrons. The molecule has 2 N–H and O–H groups in total. The van der Waals surface area contributed by atoms with Crippen molar-refractivity contribution < 1.29 is 17.9 Å². The molecule has 11 heteroatoms. The normalized spacial score (nSPS) is 11.8. The van der Waals surface area contributed by atoms with Crippen LogP contribution >= 0.6 is 11.3 Å². The molecule has 156 valence electrons. The summed E-state index contributed by atoms with van der Waals surface area (Å²) in [6, 6.07) is 14.9. The van der Waals surface area contributed by atoms with E-state index in [1.807, 2.05) is 30.3 Å². The fraction of sp³-hybridized carbons (Fsp3) is 0.211. The molecule has 0 aliphatic carbocycles. The summed E-state index contributed by atoms with van der Waals surface area (Å²) in [4.78, 5) is 12.8. The summed E-state index contributed by atoms with van der Waals surface area (Å²) in [7, 11) is -2.41. The Labute approximate surface area is 177 Å². The van der Waals surface area contributed by atoms with Gasteiger partial charge in [0.25, 0.3) is 15.2 Å². The van der Waals surface area contributed by atoms with Crippen molar-refractivity contribution in [2.75, 3.05) is 32.3 Å². The molecule has 0 bridgehead atoms. The Bertz CT molecular complexity index is 1240. The Morgan fingerprint density at radius 1 is 1.00 bits per heavy atom. The molecule has 2 heterocycles. The number of ether oxygens (including phenoxy) is 2. The minimum absolute atomic E-state index is 0.0669. The van der Waals surface area contributed by atoms with Gasteiger partial charge in [0, 0.05) is 13.7 Å². The van der Waals surface area contributed by atoms with Gasteiger partial charge in [-0.1, -0.05) is 35.6 Å². The lowest BCUT2D eigenvalue weighted by Crippen LogP contribution is -2.29. The fourth-order valence-corrected chi connectivity index (χ4v) is 4.47. The van der Waals surface area contributed by atoms with Crippen molar-refractivity contribution in [2.45, 2.75) is 5.16 Å². The molecular weight excluding hydrogens is 426 g/mol. The highest BCUT2D eigenvalue weighted by molar-refractivity contribution is 7.89. The molecule has 4 aromatic rings. The number of para-hydroxylation sites is 2. The lowest BCUT2D eigenvalue weighted by Gasteiger charge is -2.11. The van der Waals surface area contributed by atoms with E-state index in [1.54, 1.807) is 18.2 Å². The van der Waals surface area contributed by atoms with Crippen molar-refractivity contribution in [2.24, 2.45) is 0 Å². The second kappa shape index (κ2) is 8.88. The predicted octanol–water partition coefficient (Wildman–Crippen LogP) is 2.61. The first-order valence-corrected chi connectivity index (χ1v) is 11.3. The van der Waals surface area contributed by atoms with E-state index in [2.05, 4.69) is 25.0 Å². The highest BCUT2D eigenvalue weighted by Crippen LogP contribution is 2.26. The summed E-state index contributed by atoms with van der Waals surface area (Å²) in [6.07, 6.45) is 0. The zero-order valence-corrected chi connectivity index (χ0v) is 17.7. The Balaban J connectivity index is 1.56. The predicted molar refractivity (Wildman–Crippen MR) is 115 cm³/mol. The molecule has 0 aliphatic rings. The van der Waals surface area contributed by atoms with Crippen LogP contribution in [-0.2, 0) is 14.8 Å². The van der Waals surface area contributed by atoms with Crippen LogP contribution in [0.3, 0.4) is 0 Å². The molecular formula is C19H19N5O4S2. The van der Waals surface area contributed by atoms with Crippen molar-refractivity contribution in [1.29, 1.82) is 0 Å². The molecule has 0 saturated carbocycles. The third-order valence-corrected chi connectivity index (χ3v) is 6.35. The molecule has 0 spiro atoms. The van der Waals surface area contributed by atoms with Crippen LogP contribution in [0, 0.1) is 0 Å². The van der Waals surface area contributed by atoms with E-state index in [-0.39, 0.29) is 30.9 Å². The minimum Gasteiger partial charge on any atom is -0.456 e.